The van der Waals surface area contributed by atoms with Crippen LogP contribution in [0.3, 0.4) is 0 Å². The van der Waals surface area contributed by atoms with E-state index in [-0.39, 0.29) is 16.2 Å². The average molecular weight is 895 g/mol. The summed E-state index contributed by atoms with van der Waals surface area (Å²) >= 11 is 0. The molecule has 0 atom stereocenters. The van der Waals surface area contributed by atoms with Gasteiger partial charge in [0.25, 0.3) is 0 Å². The van der Waals surface area contributed by atoms with Crippen LogP contribution < -0.4 is 5.46 Å². The lowest BCUT2D eigenvalue weighted by atomic mass is 9.75. The van der Waals surface area contributed by atoms with Gasteiger partial charge in [-0.2, -0.15) is 0 Å². The van der Waals surface area contributed by atoms with Crippen LogP contribution >= 0.6 is 0 Å². The van der Waals surface area contributed by atoms with Crippen molar-refractivity contribution in [3.8, 4) is 28.2 Å². The van der Waals surface area contributed by atoms with Gasteiger partial charge in [-0.05, 0) is 81.8 Å². The first-order valence-electron chi connectivity index (χ1n) is 23.8. The normalized spacial score (nSPS) is 15.3. The van der Waals surface area contributed by atoms with Crippen LogP contribution in [0.4, 0.5) is 0 Å². The van der Waals surface area contributed by atoms with Crippen molar-refractivity contribution < 1.29 is 10.0 Å². The highest BCUT2D eigenvalue weighted by atomic mass is 16.4. The molecule has 0 spiro atoms. The second kappa shape index (κ2) is 13.7. The molecule has 12 aromatic rings. The number of rotatable bonds is 2. The van der Waals surface area contributed by atoms with E-state index in [1.54, 1.807) is 6.07 Å². The Morgan fingerprint density at radius 3 is 1.09 bits per heavy atom. The fraction of sp³-hybridized carbons (Fsp3) is 0.150. The Balaban J connectivity index is 0.000000152. The van der Waals surface area contributed by atoms with E-state index in [9.17, 15) is 10.0 Å². The minimum atomic E-state index is -1.47. The summed E-state index contributed by atoms with van der Waals surface area (Å²) in [4.78, 5) is 13.4. The number of benzene rings is 6. The Labute approximate surface area is 398 Å². The third-order valence-electron chi connectivity index (χ3n) is 16.2. The van der Waals surface area contributed by atoms with Crippen LogP contribution in [0.5, 0.6) is 0 Å². The van der Waals surface area contributed by atoms with Gasteiger partial charge in [0.15, 0.2) is 0 Å². The molecule has 332 valence electrons. The van der Waals surface area contributed by atoms with E-state index in [1.165, 1.54) is 105 Å². The fourth-order valence-corrected chi connectivity index (χ4v) is 12.6. The zero-order valence-corrected chi connectivity index (χ0v) is 39.2. The molecule has 9 heteroatoms. The van der Waals surface area contributed by atoms with Gasteiger partial charge in [-0.15, -0.1) is 0 Å². The number of nitrogens with zero attached hydrogens (tertiary/aromatic N) is 6. The maximum Gasteiger partial charge on any atom is 0.488 e. The van der Waals surface area contributed by atoms with Crippen molar-refractivity contribution in [2.75, 3.05) is 0 Å². The third-order valence-corrected chi connectivity index (χ3v) is 16.2. The number of fused-ring (bicyclic) bond motifs is 15. The lowest BCUT2D eigenvalue weighted by Crippen LogP contribution is -2.29. The van der Waals surface area contributed by atoms with E-state index in [0.29, 0.717) is 5.46 Å². The van der Waals surface area contributed by atoms with E-state index in [2.05, 4.69) is 179 Å². The van der Waals surface area contributed by atoms with Gasteiger partial charge in [0, 0.05) is 102 Å². The van der Waals surface area contributed by atoms with E-state index < -0.39 is 7.12 Å². The van der Waals surface area contributed by atoms with E-state index >= 15 is 0 Å². The highest BCUT2D eigenvalue weighted by Crippen LogP contribution is 2.51. The first kappa shape index (κ1) is 40.2. The topological polar surface area (TPSA) is 93.9 Å². The maximum absolute atomic E-state index is 9.57. The van der Waals surface area contributed by atoms with E-state index in [1.807, 2.05) is 49.3 Å². The molecular weight excluding hydrogens is 848 g/mol. The second-order valence-electron chi connectivity index (χ2n) is 20.8. The molecule has 0 saturated heterocycles. The van der Waals surface area contributed by atoms with Crippen LogP contribution in [-0.4, -0.2) is 45.8 Å². The molecule has 3 aliphatic rings. The highest BCUT2D eigenvalue weighted by Gasteiger charge is 2.38. The first-order chi connectivity index (χ1) is 33.4. The zero-order valence-electron chi connectivity index (χ0n) is 39.2. The monoisotopic (exact) mass is 894 g/mol. The van der Waals surface area contributed by atoms with Gasteiger partial charge in [-0.3, -0.25) is 15.0 Å². The molecule has 15 rings (SSSR count). The van der Waals surface area contributed by atoms with Crippen molar-refractivity contribution in [1.29, 1.82) is 0 Å². The molecule has 69 heavy (non-hydrogen) atoms. The van der Waals surface area contributed by atoms with Gasteiger partial charge in [-0.25, -0.2) is 0 Å². The minimum Gasteiger partial charge on any atom is -0.423 e. The molecule has 0 saturated carbocycles. The molecule has 6 aromatic carbocycles. The molecular formula is C60H47BN6O2. The maximum atomic E-state index is 9.57. The number of hydrogen-bond donors (Lipinski definition) is 2. The molecule has 3 aliphatic heterocycles. The number of para-hydroxylation sites is 3. The van der Waals surface area contributed by atoms with Gasteiger partial charge >= 0.3 is 7.12 Å². The molecule has 0 amide bonds. The Hall–Kier alpha value is -7.85. The number of hydrogen-bond acceptors (Lipinski definition) is 5. The van der Waals surface area contributed by atoms with Crippen LogP contribution in [0.1, 0.15) is 74.9 Å². The van der Waals surface area contributed by atoms with Crippen molar-refractivity contribution in [2.45, 2.75) is 57.8 Å². The zero-order chi connectivity index (χ0) is 46.9. The van der Waals surface area contributed by atoms with Crippen molar-refractivity contribution in [3.05, 3.63) is 198 Å². The molecule has 0 aliphatic carbocycles. The molecule has 9 heterocycles. The highest BCUT2D eigenvalue weighted by molar-refractivity contribution is 6.59. The average Bonchev–Trinajstić information content (AvgIpc) is 4.01. The minimum absolute atomic E-state index is 0.124. The predicted octanol–water partition coefficient (Wildman–Crippen LogP) is 12.1. The van der Waals surface area contributed by atoms with Gasteiger partial charge in [0.05, 0.1) is 50.2 Å². The summed E-state index contributed by atoms with van der Waals surface area (Å²) in [5.41, 5.74) is 21.2. The van der Waals surface area contributed by atoms with E-state index in [0.717, 1.165) is 22.0 Å². The predicted molar refractivity (Wildman–Crippen MR) is 281 cm³/mol. The molecule has 2 N–H and O–H groups in total. The largest absolute Gasteiger partial charge is 0.488 e. The summed E-state index contributed by atoms with van der Waals surface area (Å²) in [7, 11) is -1.47. The van der Waals surface area contributed by atoms with Crippen LogP contribution in [-0.2, 0) is 16.2 Å². The quantitative estimate of drug-likeness (QED) is 0.169. The third kappa shape index (κ3) is 5.18. The van der Waals surface area contributed by atoms with Crippen LogP contribution in [0.2, 0.25) is 0 Å². The molecule has 0 fully saturated rings. The lowest BCUT2D eigenvalue weighted by Gasteiger charge is -2.34. The summed E-state index contributed by atoms with van der Waals surface area (Å²) in [6.45, 7) is 13.7. The smallest absolute Gasteiger partial charge is 0.423 e. The molecule has 0 bridgehead atoms. The lowest BCUT2D eigenvalue weighted by molar-refractivity contribution is 0.426. The Morgan fingerprint density at radius 2 is 0.725 bits per heavy atom. The van der Waals surface area contributed by atoms with Crippen molar-refractivity contribution >= 4 is 78.0 Å². The Morgan fingerprint density at radius 1 is 0.377 bits per heavy atom. The summed E-state index contributed by atoms with van der Waals surface area (Å²) in [6, 6.07) is 45.9. The fourth-order valence-electron chi connectivity index (χ4n) is 12.6. The Kier molecular flexibility index (Phi) is 7.96. The van der Waals surface area contributed by atoms with Gasteiger partial charge in [0.2, 0.25) is 0 Å². The molecule has 0 unspecified atom stereocenters. The molecule has 6 aromatic heterocycles. The van der Waals surface area contributed by atoms with E-state index in [4.69, 9.17) is 0 Å². The number of aromatic nitrogens is 6. The van der Waals surface area contributed by atoms with Crippen LogP contribution in [0.25, 0.3) is 93.6 Å². The summed E-state index contributed by atoms with van der Waals surface area (Å²) in [5.74, 6) is 0. The number of pyridine rings is 3. The Bertz CT molecular complexity index is 4050. The van der Waals surface area contributed by atoms with Gasteiger partial charge in [0.1, 0.15) is 0 Å². The summed E-state index contributed by atoms with van der Waals surface area (Å²) in [6.07, 6.45) is 11.7. The molecule has 8 nitrogen and oxygen atoms in total. The second-order valence-corrected chi connectivity index (χ2v) is 20.8. The van der Waals surface area contributed by atoms with Crippen LogP contribution in [0.15, 0.2) is 165 Å². The summed E-state index contributed by atoms with van der Waals surface area (Å²) in [5, 5.41) is 26.5. The first-order valence-corrected chi connectivity index (χ1v) is 23.8. The summed E-state index contributed by atoms with van der Waals surface area (Å²) < 4.78 is 7.18. The SMILES string of the molecule is CC1(C)c2cnccc2-n2c3ccc(-c4ccc5c(c4)c4cccc6c4n5-c4ccncc4C6(C)C)cc3c3cccc1c32.CC1(C)c2cnccc2-n2c3ccc(B(O)O)cc3c3cccc1c32. The van der Waals surface area contributed by atoms with Gasteiger partial charge < -0.3 is 23.7 Å². The van der Waals surface area contributed by atoms with Crippen LogP contribution in [0, 0.1) is 0 Å². The van der Waals surface area contributed by atoms with Crippen molar-refractivity contribution in [3.63, 3.8) is 0 Å². The van der Waals surface area contributed by atoms with Crippen molar-refractivity contribution in [2.24, 2.45) is 0 Å². The standard InChI is InChI=1S/C40H30N4.C20H17BN2O2/c1-39(2)29-9-5-7-25-27-19-23(11-13-33(27)43(37(25)29)35-15-17-41-21-31(35)39)24-12-14-34-28(20-24)26-8-6-10-30-38(26)44(34)36-16-18-42-22-32(36)40(30,3)4;1-20(2)15-5-3-4-13-14-10-12(21(24)25)6-7-17(14)23(19(13)15)18-8-9-22-11-16(18)20/h5-22H,1-4H3;3-11,24-25H,1-2H3. The molecule has 0 radical (unpaired) electrons. The van der Waals surface area contributed by atoms with Gasteiger partial charge in [-0.1, -0.05) is 120 Å². The van der Waals surface area contributed by atoms with Crippen molar-refractivity contribution in [1.82, 2.24) is 28.7 Å².